The lowest BCUT2D eigenvalue weighted by molar-refractivity contribution is 0.254. The fraction of sp³-hybridized carbons (Fsp3) is 0.400. The molecule has 1 aromatic heterocycles. The Labute approximate surface area is 95.0 Å². The van der Waals surface area contributed by atoms with Gasteiger partial charge in [0, 0.05) is 12.6 Å². The van der Waals surface area contributed by atoms with Crippen LogP contribution in [0.15, 0.2) is 18.2 Å². The minimum absolute atomic E-state index is 0.285. The second kappa shape index (κ2) is 5.63. The van der Waals surface area contributed by atoms with Crippen molar-refractivity contribution in [3.63, 3.8) is 0 Å². The van der Waals surface area contributed by atoms with E-state index in [2.05, 4.69) is 4.98 Å². The number of rotatable bonds is 5. The van der Waals surface area contributed by atoms with Gasteiger partial charge in [0.2, 0.25) is 5.88 Å². The molecule has 1 rings (SSSR count). The first-order chi connectivity index (χ1) is 7.09. The van der Waals surface area contributed by atoms with Gasteiger partial charge in [-0.2, -0.15) is 0 Å². The third-order valence-corrected chi connectivity index (χ3v) is 1.97. The molecule has 0 amide bonds. The summed E-state index contributed by atoms with van der Waals surface area (Å²) in [5, 5.41) is 0. The van der Waals surface area contributed by atoms with Gasteiger partial charge in [-0.25, -0.2) is 4.98 Å². The molecule has 0 aliphatic rings. The van der Waals surface area contributed by atoms with Gasteiger partial charge in [0.15, 0.2) is 0 Å². The molecule has 2 N–H and O–H groups in total. The van der Waals surface area contributed by atoms with Crippen molar-refractivity contribution in [3.8, 4) is 5.88 Å². The molecule has 0 aromatic carbocycles. The quantitative estimate of drug-likeness (QED) is 0.746. The van der Waals surface area contributed by atoms with Crippen LogP contribution in [0, 0.1) is 0 Å². The average Bonchev–Trinajstić information content (AvgIpc) is 2.17. The Morgan fingerprint density at radius 1 is 1.53 bits per heavy atom. The first kappa shape index (κ1) is 11.9. The monoisotopic (exact) mass is 225 g/mol. The molecule has 4 nitrogen and oxygen atoms in total. The summed E-state index contributed by atoms with van der Waals surface area (Å²) in [6.07, 6.45) is 0. The van der Waals surface area contributed by atoms with Crippen LogP contribution in [0.1, 0.15) is 5.69 Å². The van der Waals surface area contributed by atoms with E-state index in [9.17, 15) is 0 Å². The Morgan fingerprint density at radius 3 is 2.87 bits per heavy atom. The molecule has 0 bridgehead atoms. The lowest BCUT2D eigenvalue weighted by Gasteiger charge is -2.10. The third-order valence-electron chi connectivity index (χ3n) is 1.76. The van der Waals surface area contributed by atoms with Gasteiger partial charge >= 0.3 is 0 Å². The Bertz CT molecular complexity index is 341. The lowest BCUT2D eigenvalue weighted by Crippen LogP contribution is -2.20. The first-order valence-electron chi connectivity index (χ1n) is 4.64. The van der Waals surface area contributed by atoms with Crippen LogP contribution in [-0.4, -0.2) is 42.1 Å². The maximum Gasteiger partial charge on any atom is 0.213 e. The predicted molar refractivity (Wildman–Crippen MR) is 64.2 cm³/mol. The van der Waals surface area contributed by atoms with Gasteiger partial charge in [0.1, 0.15) is 17.3 Å². The largest absolute Gasteiger partial charge is 0.476 e. The van der Waals surface area contributed by atoms with Crippen molar-refractivity contribution in [1.29, 1.82) is 0 Å². The highest BCUT2D eigenvalue weighted by Gasteiger charge is 2.00. The minimum atomic E-state index is 0.285. The number of pyridine rings is 1. The smallest absolute Gasteiger partial charge is 0.213 e. The molecule has 0 aliphatic heterocycles. The Kier molecular flexibility index (Phi) is 4.45. The van der Waals surface area contributed by atoms with E-state index in [1.165, 1.54) is 0 Å². The zero-order chi connectivity index (χ0) is 11.3. The normalized spacial score (nSPS) is 10.3. The first-order valence-corrected chi connectivity index (χ1v) is 5.05. The summed E-state index contributed by atoms with van der Waals surface area (Å²) in [5.74, 6) is 0.558. The molecule has 0 unspecified atom stereocenters. The predicted octanol–water partition coefficient (Wildman–Crippen LogP) is 0.656. The number of nitrogens with two attached hydrogens (primary N) is 1. The molecule has 1 heterocycles. The highest BCUT2D eigenvalue weighted by atomic mass is 32.1. The second-order valence-corrected chi connectivity index (χ2v) is 3.82. The van der Waals surface area contributed by atoms with E-state index in [1.807, 2.05) is 25.1 Å². The number of ether oxygens (including phenoxy) is 1. The van der Waals surface area contributed by atoms with Crippen molar-refractivity contribution in [2.24, 2.45) is 5.73 Å². The van der Waals surface area contributed by atoms with Crippen molar-refractivity contribution < 1.29 is 4.74 Å². The summed E-state index contributed by atoms with van der Waals surface area (Å²) in [6.45, 7) is 1.44. The molecule has 0 saturated carbocycles. The molecule has 0 atom stereocenters. The van der Waals surface area contributed by atoms with Crippen molar-refractivity contribution in [3.05, 3.63) is 23.9 Å². The topological polar surface area (TPSA) is 51.4 Å². The highest BCUT2D eigenvalue weighted by Crippen LogP contribution is 2.07. The number of hydrogen-bond acceptors (Lipinski definition) is 4. The van der Waals surface area contributed by atoms with E-state index in [0.717, 1.165) is 6.54 Å². The summed E-state index contributed by atoms with van der Waals surface area (Å²) in [4.78, 5) is 6.49. The maximum atomic E-state index is 5.46. The summed E-state index contributed by atoms with van der Waals surface area (Å²) in [6, 6.07) is 5.38. The van der Waals surface area contributed by atoms with Crippen LogP contribution < -0.4 is 10.5 Å². The van der Waals surface area contributed by atoms with Crippen molar-refractivity contribution in [2.45, 2.75) is 0 Å². The zero-order valence-electron chi connectivity index (χ0n) is 8.93. The minimum Gasteiger partial charge on any atom is -0.476 e. The standard InChI is InChI=1S/C10H15N3OS/c1-13(2)6-7-14-9-5-3-4-8(12-9)10(11)15/h3-5H,6-7H2,1-2H3,(H2,11,15). The van der Waals surface area contributed by atoms with E-state index < -0.39 is 0 Å². The lowest BCUT2D eigenvalue weighted by atomic mass is 10.3. The summed E-state index contributed by atoms with van der Waals surface area (Å²) in [5.41, 5.74) is 6.05. The Balaban J connectivity index is 2.54. The fourth-order valence-electron chi connectivity index (χ4n) is 0.965. The summed E-state index contributed by atoms with van der Waals surface area (Å²) >= 11 is 4.83. The van der Waals surface area contributed by atoms with Crippen LogP contribution in [0.2, 0.25) is 0 Å². The second-order valence-electron chi connectivity index (χ2n) is 3.38. The van der Waals surface area contributed by atoms with E-state index >= 15 is 0 Å². The molecule has 1 aromatic rings. The number of thiocarbonyl (C=S) groups is 1. The van der Waals surface area contributed by atoms with Crippen LogP contribution >= 0.6 is 12.2 Å². The van der Waals surface area contributed by atoms with Crippen LogP contribution in [-0.2, 0) is 0 Å². The van der Waals surface area contributed by atoms with Gasteiger partial charge in [-0.3, -0.25) is 0 Å². The van der Waals surface area contributed by atoms with Gasteiger partial charge in [-0.15, -0.1) is 0 Å². The Morgan fingerprint density at radius 2 is 2.27 bits per heavy atom. The molecule has 0 radical (unpaired) electrons. The van der Waals surface area contributed by atoms with E-state index in [4.69, 9.17) is 22.7 Å². The average molecular weight is 225 g/mol. The maximum absolute atomic E-state index is 5.46. The van der Waals surface area contributed by atoms with E-state index in [0.29, 0.717) is 18.2 Å². The van der Waals surface area contributed by atoms with E-state index in [1.54, 1.807) is 12.1 Å². The summed E-state index contributed by atoms with van der Waals surface area (Å²) < 4.78 is 5.44. The third kappa shape index (κ3) is 4.22. The number of likely N-dealkylation sites (N-methyl/N-ethyl adjacent to an activating group) is 1. The molecule has 0 fully saturated rings. The van der Waals surface area contributed by atoms with Gasteiger partial charge in [-0.1, -0.05) is 18.3 Å². The number of aromatic nitrogens is 1. The van der Waals surface area contributed by atoms with Crippen LogP contribution in [0.4, 0.5) is 0 Å². The molecule has 15 heavy (non-hydrogen) atoms. The van der Waals surface area contributed by atoms with Crippen LogP contribution in [0.25, 0.3) is 0 Å². The fourth-order valence-corrected chi connectivity index (χ4v) is 1.08. The van der Waals surface area contributed by atoms with Crippen molar-refractivity contribution >= 4 is 17.2 Å². The van der Waals surface area contributed by atoms with Crippen molar-refractivity contribution in [2.75, 3.05) is 27.2 Å². The van der Waals surface area contributed by atoms with Gasteiger partial charge in [0.25, 0.3) is 0 Å². The van der Waals surface area contributed by atoms with E-state index in [-0.39, 0.29) is 4.99 Å². The van der Waals surface area contributed by atoms with Crippen LogP contribution in [0.3, 0.4) is 0 Å². The van der Waals surface area contributed by atoms with Gasteiger partial charge < -0.3 is 15.4 Å². The molecule has 0 aliphatic carbocycles. The van der Waals surface area contributed by atoms with Crippen LogP contribution in [0.5, 0.6) is 5.88 Å². The molecule has 5 heteroatoms. The van der Waals surface area contributed by atoms with Crippen molar-refractivity contribution in [1.82, 2.24) is 9.88 Å². The molecular formula is C10H15N3OS. The molecule has 82 valence electrons. The number of hydrogen-bond donors (Lipinski definition) is 1. The van der Waals surface area contributed by atoms with Gasteiger partial charge in [-0.05, 0) is 20.2 Å². The SMILES string of the molecule is CN(C)CCOc1cccc(C(N)=S)n1. The zero-order valence-corrected chi connectivity index (χ0v) is 9.75. The molecule has 0 spiro atoms. The Hall–Kier alpha value is -1.20. The summed E-state index contributed by atoms with van der Waals surface area (Å²) in [7, 11) is 3.98. The highest BCUT2D eigenvalue weighted by molar-refractivity contribution is 7.80. The molecular weight excluding hydrogens is 210 g/mol. The number of nitrogens with zero attached hydrogens (tertiary/aromatic N) is 2. The molecule has 0 saturated heterocycles. The van der Waals surface area contributed by atoms with Gasteiger partial charge in [0.05, 0.1) is 0 Å².